The molecular formula is C53H67FN2O5. The lowest BCUT2D eigenvalue weighted by molar-refractivity contribution is -0.235. The van der Waals surface area contributed by atoms with Crippen LogP contribution in [-0.4, -0.2) is 33.8 Å². The van der Waals surface area contributed by atoms with Crippen molar-refractivity contribution in [3.8, 4) is 11.3 Å². The summed E-state index contributed by atoms with van der Waals surface area (Å²) in [5, 5.41) is 0. The first-order valence-corrected chi connectivity index (χ1v) is 23.3. The summed E-state index contributed by atoms with van der Waals surface area (Å²) in [4.78, 5) is 50.2. The topological polar surface area (TPSA) is 98.3 Å². The van der Waals surface area contributed by atoms with Gasteiger partial charge in [0.2, 0.25) is 0 Å². The number of fused-ring (bicyclic) bond motifs is 7. The second-order valence-corrected chi connectivity index (χ2v) is 22.5. The molecule has 10 atom stereocenters. The predicted octanol–water partition coefficient (Wildman–Crippen LogP) is 11.8. The number of imidazole rings is 1. The number of nitrogens with zero attached hydrogens (tertiary/aromatic N) is 1. The van der Waals surface area contributed by atoms with E-state index in [2.05, 4.69) is 53.5 Å². The van der Waals surface area contributed by atoms with Gasteiger partial charge in [-0.25, -0.2) is 9.37 Å². The van der Waals surface area contributed by atoms with Crippen molar-refractivity contribution in [3.05, 3.63) is 89.1 Å². The molecule has 0 aliphatic heterocycles. The lowest BCUT2D eigenvalue weighted by Gasteiger charge is -2.72. The number of carbonyl (C=O) groups excluding carboxylic acids is 3. The summed E-state index contributed by atoms with van der Waals surface area (Å²) in [5.41, 5.74) is 4.03. The number of allylic oxidation sites excluding steroid dienone is 2. The molecule has 0 amide bonds. The van der Waals surface area contributed by atoms with Crippen LogP contribution in [0.5, 0.6) is 0 Å². The van der Waals surface area contributed by atoms with Gasteiger partial charge < -0.3 is 14.5 Å². The minimum Gasteiger partial charge on any atom is -0.462 e. The third kappa shape index (κ3) is 6.20. The Bertz CT molecular complexity index is 2260. The van der Waals surface area contributed by atoms with E-state index in [1.165, 1.54) is 17.7 Å². The number of nitrogens with one attached hydrogen (secondary N) is 1. The molecule has 1 aromatic heterocycles. The van der Waals surface area contributed by atoms with Crippen molar-refractivity contribution >= 4 is 17.7 Å². The molecular weight excluding hydrogens is 764 g/mol. The fraction of sp³-hybridized carbons (Fsp3) is 0.623. The summed E-state index contributed by atoms with van der Waals surface area (Å²) in [5.74, 6) is 1.12. The molecule has 0 radical (unpaired) electrons. The maximum Gasteiger partial charge on any atom is 0.309 e. The summed E-state index contributed by atoms with van der Waals surface area (Å²) in [6.07, 6.45) is 10.7. The SMILES string of the molecule is CC(C)C1=C2[C@H]3CC[C@@H]4[C@@]5(C)CC[C@H](OC(=O)[C@H]6C[C@@H](C(=O)OCc7ccccc7)C6(C)C)C(C)(C)[C@@H]5CC[C@@]4(C)[C@]3(C)CC[C@@]2(c2ncc(-c3ccc(F)cc3)[nH]2)CC1=O. The lowest BCUT2D eigenvalue weighted by Crippen LogP contribution is -2.66. The predicted molar refractivity (Wildman–Crippen MR) is 234 cm³/mol. The van der Waals surface area contributed by atoms with Crippen LogP contribution >= 0.6 is 0 Å². The van der Waals surface area contributed by atoms with Crippen molar-refractivity contribution in [3.63, 3.8) is 0 Å². The van der Waals surface area contributed by atoms with Gasteiger partial charge in [0.25, 0.3) is 0 Å². The van der Waals surface area contributed by atoms with Gasteiger partial charge in [0, 0.05) is 11.8 Å². The Kier molecular flexibility index (Phi) is 10.0. The van der Waals surface area contributed by atoms with E-state index in [0.29, 0.717) is 24.7 Å². The summed E-state index contributed by atoms with van der Waals surface area (Å²) in [6, 6.07) is 16.2. The zero-order valence-electron chi connectivity index (χ0n) is 38.0. The Hall–Kier alpha value is -4.07. The maximum atomic E-state index is 14.3. The lowest BCUT2D eigenvalue weighted by atomic mass is 9.33. The number of aromatic nitrogens is 2. The minimum absolute atomic E-state index is 0.00190. The van der Waals surface area contributed by atoms with Gasteiger partial charge in [-0.1, -0.05) is 92.6 Å². The van der Waals surface area contributed by atoms with Gasteiger partial charge in [0.1, 0.15) is 24.4 Å². The fourth-order valence-electron chi connectivity index (χ4n) is 15.2. The molecule has 5 saturated carbocycles. The molecule has 0 bridgehead atoms. The molecule has 6 aliphatic carbocycles. The number of aromatic amines is 1. The van der Waals surface area contributed by atoms with E-state index in [1.54, 1.807) is 12.1 Å². The number of hydrogen-bond donors (Lipinski definition) is 1. The molecule has 2 aromatic carbocycles. The Balaban J connectivity index is 0.934. The Morgan fingerprint density at radius 2 is 1.51 bits per heavy atom. The summed E-state index contributed by atoms with van der Waals surface area (Å²) in [7, 11) is 0. The molecule has 0 unspecified atom stereocenters. The smallest absolute Gasteiger partial charge is 0.309 e. The van der Waals surface area contributed by atoms with Gasteiger partial charge in [0.05, 0.1) is 29.1 Å². The van der Waals surface area contributed by atoms with Gasteiger partial charge in [-0.3, -0.25) is 14.4 Å². The molecule has 5 fully saturated rings. The van der Waals surface area contributed by atoms with Crippen LogP contribution in [0.1, 0.15) is 138 Å². The van der Waals surface area contributed by atoms with Crippen LogP contribution in [0.15, 0.2) is 71.9 Å². The molecule has 0 saturated heterocycles. The molecule has 7 nitrogen and oxygen atoms in total. The van der Waals surface area contributed by atoms with Crippen LogP contribution in [0.4, 0.5) is 4.39 Å². The highest BCUT2D eigenvalue weighted by Gasteiger charge is 2.71. The monoisotopic (exact) mass is 831 g/mol. The van der Waals surface area contributed by atoms with Crippen molar-refractivity contribution in [1.82, 2.24) is 9.97 Å². The first kappa shape index (κ1) is 42.2. The van der Waals surface area contributed by atoms with E-state index in [0.717, 1.165) is 79.6 Å². The number of hydrogen-bond acceptors (Lipinski definition) is 6. The Morgan fingerprint density at radius 1 is 0.803 bits per heavy atom. The average molecular weight is 831 g/mol. The third-order valence-electron chi connectivity index (χ3n) is 18.9. The van der Waals surface area contributed by atoms with Gasteiger partial charge in [0.15, 0.2) is 5.78 Å². The van der Waals surface area contributed by atoms with Gasteiger partial charge in [-0.2, -0.15) is 0 Å². The van der Waals surface area contributed by atoms with Crippen LogP contribution < -0.4 is 0 Å². The summed E-state index contributed by atoms with van der Waals surface area (Å²) in [6.45, 7) is 21.1. The first-order valence-electron chi connectivity index (χ1n) is 23.3. The van der Waals surface area contributed by atoms with Crippen molar-refractivity contribution in [2.45, 2.75) is 145 Å². The largest absolute Gasteiger partial charge is 0.462 e. The molecule has 9 rings (SSSR count). The van der Waals surface area contributed by atoms with Crippen molar-refractivity contribution in [1.29, 1.82) is 0 Å². The maximum absolute atomic E-state index is 14.3. The Labute approximate surface area is 362 Å². The number of rotatable bonds is 8. The summed E-state index contributed by atoms with van der Waals surface area (Å²) >= 11 is 0. The van der Waals surface area contributed by atoms with E-state index in [4.69, 9.17) is 14.5 Å². The Morgan fingerprint density at radius 3 is 2.20 bits per heavy atom. The number of esters is 2. The molecule has 1 N–H and O–H groups in total. The van der Waals surface area contributed by atoms with Crippen molar-refractivity contribution < 1.29 is 28.2 Å². The van der Waals surface area contributed by atoms with E-state index >= 15 is 0 Å². The highest BCUT2D eigenvalue weighted by Crippen LogP contribution is 2.77. The van der Waals surface area contributed by atoms with Gasteiger partial charge >= 0.3 is 11.9 Å². The molecule has 61 heavy (non-hydrogen) atoms. The second-order valence-electron chi connectivity index (χ2n) is 22.5. The molecule has 8 heteroatoms. The van der Waals surface area contributed by atoms with Crippen LogP contribution in [0.25, 0.3) is 11.3 Å². The van der Waals surface area contributed by atoms with Gasteiger partial charge in [-0.05, 0) is 150 Å². The molecule has 1 heterocycles. The van der Waals surface area contributed by atoms with Crippen LogP contribution in [0, 0.1) is 68.4 Å². The zero-order chi connectivity index (χ0) is 43.5. The number of ketones is 1. The quantitative estimate of drug-likeness (QED) is 0.227. The van der Waals surface area contributed by atoms with Crippen LogP contribution in [0.3, 0.4) is 0 Å². The zero-order valence-corrected chi connectivity index (χ0v) is 38.0. The van der Waals surface area contributed by atoms with E-state index in [1.807, 2.05) is 50.4 Å². The van der Waals surface area contributed by atoms with Gasteiger partial charge in [-0.15, -0.1) is 0 Å². The standard InChI is InChI=1S/C53H67FN2O5/c1-31(2)43-39(57)28-53(47-55-29-38(56-47)33-15-17-34(54)18-16-33)26-25-51(8)35(44(43)53)19-20-41-50(7)23-22-42(49(5,6)40(50)21-24-52(41,51)9)61-46(59)37-27-36(48(37,3)4)45(58)60-30-32-13-11-10-12-14-32/h10-18,29,31,35-37,40-42H,19-28,30H2,1-9H3,(H,55,56)/t35-,36+,37-,40+,41-,42+,50+,51-,52-,53-/m1/s1. The summed E-state index contributed by atoms with van der Waals surface area (Å²) < 4.78 is 26.1. The number of halogens is 1. The molecule has 6 aliphatic rings. The second kappa shape index (κ2) is 14.5. The molecule has 3 aromatic rings. The highest BCUT2D eigenvalue weighted by atomic mass is 19.1. The number of benzene rings is 2. The number of Topliss-reactive ketones (excluding diaryl/α,β-unsaturated/α-hetero) is 1. The normalized spacial score (nSPS) is 37.2. The van der Waals surface area contributed by atoms with Crippen molar-refractivity contribution in [2.24, 2.45) is 62.6 Å². The number of H-pyrrole nitrogens is 1. The highest BCUT2D eigenvalue weighted by molar-refractivity contribution is 6.01. The van der Waals surface area contributed by atoms with Crippen molar-refractivity contribution in [2.75, 3.05) is 0 Å². The minimum atomic E-state index is -0.535. The van der Waals surface area contributed by atoms with Crippen LogP contribution in [0.2, 0.25) is 0 Å². The first-order chi connectivity index (χ1) is 28.8. The van der Waals surface area contributed by atoms with E-state index in [-0.39, 0.29) is 81.6 Å². The van der Waals surface area contributed by atoms with E-state index < -0.39 is 10.8 Å². The van der Waals surface area contributed by atoms with Crippen LogP contribution in [-0.2, 0) is 35.9 Å². The van der Waals surface area contributed by atoms with E-state index in [9.17, 15) is 18.8 Å². The fourth-order valence-corrected chi connectivity index (χ4v) is 15.2. The average Bonchev–Trinajstić information content (AvgIpc) is 3.82. The number of ether oxygens (including phenoxy) is 2. The molecule has 0 spiro atoms. The number of carbonyl (C=O) groups is 3. The third-order valence-corrected chi connectivity index (χ3v) is 18.9. The molecule has 326 valence electrons.